The first-order valence-electron chi connectivity index (χ1n) is 5.81. The van der Waals surface area contributed by atoms with Crippen LogP contribution in [0.15, 0.2) is 36.4 Å². The molecule has 0 aliphatic carbocycles. The minimum absolute atomic E-state index is 0.667. The van der Waals surface area contributed by atoms with Crippen molar-refractivity contribution in [2.24, 2.45) is 0 Å². The second-order valence-electron chi connectivity index (χ2n) is 4.40. The van der Waals surface area contributed by atoms with Gasteiger partial charge in [-0.15, -0.1) is 0 Å². The van der Waals surface area contributed by atoms with Gasteiger partial charge in [0.05, 0.1) is 18.7 Å². The molecule has 0 aromatic heterocycles. The number of hydrogen-bond acceptors (Lipinski definition) is 2. The third-order valence-electron chi connectivity index (χ3n) is 2.88. The maximum atomic E-state index is 9.19. The van der Waals surface area contributed by atoms with Crippen molar-refractivity contribution in [3.05, 3.63) is 53.1 Å². The van der Waals surface area contributed by atoms with Gasteiger partial charge in [0.1, 0.15) is 5.75 Å². The van der Waals surface area contributed by atoms with E-state index in [1.165, 1.54) is 11.1 Å². The van der Waals surface area contributed by atoms with Gasteiger partial charge in [-0.2, -0.15) is 5.26 Å². The van der Waals surface area contributed by atoms with Crippen LogP contribution in [0.5, 0.6) is 5.75 Å². The van der Waals surface area contributed by atoms with E-state index in [9.17, 15) is 5.26 Å². The third-order valence-corrected chi connectivity index (χ3v) is 2.88. The Kier molecular flexibility index (Phi) is 3.34. The van der Waals surface area contributed by atoms with Gasteiger partial charge in [0.15, 0.2) is 0 Å². The summed E-state index contributed by atoms with van der Waals surface area (Å²) < 4.78 is 5.23. The van der Waals surface area contributed by atoms with Crippen LogP contribution >= 0.6 is 0 Å². The second kappa shape index (κ2) is 4.93. The highest BCUT2D eigenvalue weighted by molar-refractivity contribution is 5.73. The third kappa shape index (κ3) is 2.36. The summed E-state index contributed by atoms with van der Waals surface area (Å²) in [5, 5.41) is 9.19. The van der Waals surface area contributed by atoms with Gasteiger partial charge in [-0.05, 0) is 37.6 Å². The second-order valence-corrected chi connectivity index (χ2v) is 4.40. The number of ether oxygens (including phenoxy) is 1. The molecule has 2 heteroatoms. The largest absolute Gasteiger partial charge is 0.497 e. The SMILES string of the molecule is COc1ccc(C#N)c(-c2cc(C)cc(C)c2)c1. The van der Waals surface area contributed by atoms with E-state index in [-0.39, 0.29) is 0 Å². The zero-order valence-electron chi connectivity index (χ0n) is 10.8. The van der Waals surface area contributed by atoms with Gasteiger partial charge in [-0.25, -0.2) is 0 Å². The predicted octanol–water partition coefficient (Wildman–Crippen LogP) is 3.85. The molecule has 0 radical (unpaired) electrons. The van der Waals surface area contributed by atoms with Crippen LogP contribution in [0.1, 0.15) is 16.7 Å². The van der Waals surface area contributed by atoms with E-state index in [0.717, 1.165) is 16.9 Å². The van der Waals surface area contributed by atoms with Crippen LogP contribution < -0.4 is 4.74 Å². The summed E-state index contributed by atoms with van der Waals surface area (Å²) in [5.41, 5.74) is 5.03. The summed E-state index contributed by atoms with van der Waals surface area (Å²) in [6.07, 6.45) is 0. The van der Waals surface area contributed by atoms with E-state index in [0.29, 0.717) is 5.56 Å². The van der Waals surface area contributed by atoms with Gasteiger partial charge in [0.2, 0.25) is 0 Å². The Morgan fingerprint density at radius 1 is 1.00 bits per heavy atom. The molecule has 0 atom stereocenters. The molecule has 2 aromatic rings. The first kappa shape index (κ1) is 12.2. The standard InChI is InChI=1S/C16H15NO/c1-11-6-12(2)8-14(7-11)16-9-15(18-3)5-4-13(16)10-17/h4-9H,1-3H3. The lowest BCUT2D eigenvalue weighted by Crippen LogP contribution is -1.89. The fourth-order valence-corrected chi connectivity index (χ4v) is 2.12. The first-order chi connectivity index (χ1) is 8.63. The van der Waals surface area contributed by atoms with Crippen molar-refractivity contribution in [3.63, 3.8) is 0 Å². The molecule has 0 bridgehead atoms. The number of methoxy groups -OCH3 is 1. The number of benzene rings is 2. The lowest BCUT2D eigenvalue weighted by molar-refractivity contribution is 0.415. The summed E-state index contributed by atoms with van der Waals surface area (Å²) in [4.78, 5) is 0. The lowest BCUT2D eigenvalue weighted by atomic mass is 9.97. The molecule has 0 aliphatic heterocycles. The summed E-state index contributed by atoms with van der Waals surface area (Å²) in [6, 6.07) is 14.0. The Morgan fingerprint density at radius 2 is 1.67 bits per heavy atom. The highest BCUT2D eigenvalue weighted by Gasteiger charge is 2.07. The molecule has 0 fully saturated rings. The molecule has 2 rings (SSSR count). The molecule has 0 saturated heterocycles. The highest BCUT2D eigenvalue weighted by atomic mass is 16.5. The zero-order valence-corrected chi connectivity index (χ0v) is 10.8. The Hall–Kier alpha value is -2.27. The Bertz CT molecular complexity index is 603. The number of nitrogens with zero attached hydrogens (tertiary/aromatic N) is 1. The van der Waals surface area contributed by atoms with Gasteiger partial charge in [-0.1, -0.05) is 29.3 Å². The summed E-state index contributed by atoms with van der Waals surface area (Å²) in [6.45, 7) is 4.12. The molecule has 18 heavy (non-hydrogen) atoms. The minimum Gasteiger partial charge on any atom is -0.497 e. The molecule has 0 aliphatic rings. The number of aryl methyl sites for hydroxylation is 2. The van der Waals surface area contributed by atoms with Crippen LogP contribution in [-0.2, 0) is 0 Å². The molecule has 0 spiro atoms. The van der Waals surface area contributed by atoms with E-state index >= 15 is 0 Å². The maximum Gasteiger partial charge on any atom is 0.119 e. The van der Waals surface area contributed by atoms with Crippen molar-refractivity contribution in [1.82, 2.24) is 0 Å². The molecular weight excluding hydrogens is 222 g/mol. The van der Waals surface area contributed by atoms with Crippen LogP contribution in [0.2, 0.25) is 0 Å². The van der Waals surface area contributed by atoms with Crippen molar-refractivity contribution >= 4 is 0 Å². The number of rotatable bonds is 2. The molecule has 2 nitrogen and oxygen atoms in total. The number of hydrogen-bond donors (Lipinski definition) is 0. The smallest absolute Gasteiger partial charge is 0.119 e. The van der Waals surface area contributed by atoms with Crippen molar-refractivity contribution in [2.45, 2.75) is 13.8 Å². The monoisotopic (exact) mass is 237 g/mol. The van der Waals surface area contributed by atoms with Crippen LogP contribution in [-0.4, -0.2) is 7.11 Å². The average Bonchev–Trinajstić information content (AvgIpc) is 2.36. The summed E-state index contributed by atoms with van der Waals surface area (Å²) in [7, 11) is 1.63. The van der Waals surface area contributed by atoms with Gasteiger partial charge in [0, 0.05) is 5.56 Å². The molecule has 0 N–H and O–H groups in total. The van der Waals surface area contributed by atoms with Crippen LogP contribution in [0.25, 0.3) is 11.1 Å². The fourth-order valence-electron chi connectivity index (χ4n) is 2.12. The quantitative estimate of drug-likeness (QED) is 0.794. The van der Waals surface area contributed by atoms with E-state index in [1.54, 1.807) is 13.2 Å². The van der Waals surface area contributed by atoms with E-state index in [1.807, 2.05) is 12.1 Å². The Morgan fingerprint density at radius 3 is 2.22 bits per heavy atom. The molecular formula is C16H15NO. The van der Waals surface area contributed by atoms with Gasteiger partial charge in [0.25, 0.3) is 0 Å². The van der Waals surface area contributed by atoms with Crippen LogP contribution in [0, 0.1) is 25.2 Å². The molecule has 90 valence electrons. The van der Waals surface area contributed by atoms with Crippen molar-refractivity contribution in [3.8, 4) is 22.9 Å². The highest BCUT2D eigenvalue weighted by Crippen LogP contribution is 2.29. The fraction of sp³-hybridized carbons (Fsp3) is 0.188. The Balaban J connectivity index is 2.65. The summed E-state index contributed by atoms with van der Waals surface area (Å²) >= 11 is 0. The normalized spacial score (nSPS) is 9.89. The van der Waals surface area contributed by atoms with Crippen LogP contribution in [0.3, 0.4) is 0 Å². The molecule has 0 saturated carbocycles. The van der Waals surface area contributed by atoms with E-state index in [4.69, 9.17) is 4.74 Å². The van der Waals surface area contributed by atoms with E-state index < -0.39 is 0 Å². The van der Waals surface area contributed by atoms with E-state index in [2.05, 4.69) is 38.1 Å². The van der Waals surface area contributed by atoms with Gasteiger partial charge >= 0.3 is 0 Å². The van der Waals surface area contributed by atoms with Crippen molar-refractivity contribution in [1.29, 1.82) is 5.26 Å². The average molecular weight is 237 g/mol. The molecule has 0 amide bonds. The topological polar surface area (TPSA) is 33.0 Å². The lowest BCUT2D eigenvalue weighted by Gasteiger charge is -2.09. The predicted molar refractivity (Wildman–Crippen MR) is 72.6 cm³/mol. The van der Waals surface area contributed by atoms with Crippen molar-refractivity contribution in [2.75, 3.05) is 7.11 Å². The Labute approximate surface area is 107 Å². The zero-order chi connectivity index (χ0) is 13.1. The molecule has 0 unspecified atom stereocenters. The van der Waals surface area contributed by atoms with Gasteiger partial charge in [-0.3, -0.25) is 0 Å². The molecule has 2 aromatic carbocycles. The maximum absolute atomic E-state index is 9.19. The molecule has 0 heterocycles. The summed E-state index contributed by atoms with van der Waals surface area (Å²) in [5.74, 6) is 0.767. The number of nitriles is 1. The van der Waals surface area contributed by atoms with Crippen molar-refractivity contribution < 1.29 is 4.74 Å². The van der Waals surface area contributed by atoms with Gasteiger partial charge < -0.3 is 4.74 Å². The van der Waals surface area contributed by atoms with Crippen LogP contribution in [0.4, 0.5) is 0 Å². The minimum atomic E-state index is 0.667. The first-order valence-corrected chi connectivity index (χ1v) is 5.81.